The molecule has 60 heavy (non-hydrogen) atoms. The van der Waals surface area contributed by atoms with Crippen molar-refractivity contribution in [2.24, 2.45) is 30.7 Å². The van der Waals surface area contributed by atoms with Crippen LogP contribution in [0.5, 0.6) is 34.5 Å². The lowest BCUT2D eigenvalue weighted by Crippen LogP contribution is -1.99. The van der Waals surface area contributed by atoms with E-state index in [4.69, 9.17) is 23.7 Å². The minimum atomic E-state index is -4.91. The number of nitrogens with one attached hydrogen (secondary N) is 1. The summed E-state index contributed by atoms with van der Waals surface area (Å²) in [6.07, 6.45) is 0. The van der Waals surface area contributed by atoms with E-state index in [2.05, 4.69) is 36.0 Å². The number of methoxy groups -OCH3 is 5. The number of hydrogen-bond acceptors (Lipinski definition) is 17. The lowest BCUT2D eigenvalue weighted by atomic mass is 10.1. The summed E-state index contributed by atoms with van der Waals surface area (Å²) < 4.78 is 95.0. The van der Waals surface area contributed by atoms with Crippen molar-refractivity contribution >= 4 is 76.5 Å². The molecular weight excluding hydrogens is 823 g/mol. The predicted molar refractivity (Wildman–Crippen MR) is 220 cm³/mol. The molecule has 21 heteroatoms. The van der Waals surface area contributed by atoms with E-state index in [9.17, 15) is 31.0 Å². The lowest BCUT2D eigenvalue weighted by molar-refractivity contribution is 0.403. The summed E-state index contributed by atoms with van der Waals surface area (Å²) in [5.41, 5.74) is 1.60. The van der Waals surface area contributed by atoms with Crippen LogP contribution in [0.3, 0.4) is 0 Å². The van der Waals surface area contributed by atoms with E-state index in [-0.39, 0.29) is 67.5 Å². The number of ether oxygens (including phenoxy) is 5. The van der Waals surface area contributed by atoms with Crippen molar-refractivity contribution in [1.29, 1.82) is 0 Å². The molecule has 6 aromatic carbocycles. The Morgan fingerprint density at radius 2 is 0.950 bits per heavy atom. The van der Waals surface area contributed by atoms with Gasteiger partial charge in [0.25, 0.3) is 20.2 Å². The van der Waals surface area contributed by atoms with E-state index in [0.717, 1.165) is 17.8 Å². The lowest BCUT2D eigenvalue weighted by Gasteiger charge is -2.12. The van der Waals surface area contributed by atoms with Gasteiger partial charge in [0.2, 0.25) is 0 Å². The van der Waals surface area contributed by atoms with E-state index in [1.807, 2.05) is 30.3 Å². The zero-order chi connectivity index (χ0) is 43.2. The number of para-hydroxylation sites is 1. The number of nitrogens with zero attached hydrogens (tertiary/aromatic N) is 6. The highest BCUT2D eigenvalue weighted by molar-refractivity contribution is 7.86. The Balaban J connectivity index is 1.32. The minimum Gasteiger partial charge on any atom is -0.505 e. The summed E-state index contributed by atoms with van der Waals surface area (Å²) in [7, 11) is -2.60. The van der Waals surface area contributed by atoms with Gasteiger partial charge in [0.1, 0.15) is 67.8 Å². The van der Waals surface area contributed by atoms with Crippen LogP contribution in [0.4, 0.5) is 45.5 Å². The van der Waals surface area contributed by atoms with Gasteiger partial charge in [0.05, 0.1) is 40.4 Å². The molecule has 6 aromatic rings. The van der Waals surface area contributed by atoms with Gasteiger partial charge in [-0.05, 0) is 53.9 Å². The average Bonchev–Trinajstić information content (AvgIpc) is 3.23. The second-order valence-corrected chi connectivity index (χ2v) is 15.1. The second kappa shape index (κ2) is 17.7. The van der Waals surface area contributed by atoms with Crippen molar-refractivity contribution in [3.8, 4) is 34.5 Å². The fourth-order valence-corrected chi connectivity index (χ4v) is 6.83. The molecule has 6 rings (SSSR count). The van der Waals surface area contributed by atoms with E-state index in [1.54, 1.807) is 18.2 Å². The quantitative estimate of drug-likeness (QED) is 0.0554. The maximum absolute atomic E-state index is 12.6. The zero-order valence-electron chi connectivity index (χ0n) is 32.3. The summed E-state index contributed by atoms with van der Waals surface area (Å²) in [6.45, 7) is 0. The van der Waals surface area contributed by atoms with Crippen molar-refractivity contribution in [3.63, 3.8) is 0 Å². The molecule has 0 aliphatic carbocycles. The van der Waals surface area contributed by atoms with Crippen LogP contribution >= 0.6 is 0 Å². The number of benzene rings is 6. The van der Waals surface area contributed by atoms with Crippen molar-refractivity contribution in [3.05, 3.63) is 97.1 Å². The van der Waals surface area contributed by atoms with Gasteiger partial charge in [0.15, 0.2) is 5.75 Å². The van der Waals surface area contributed by atoms with Gasteiger partial charge in [-0.15, -0.1) is 30.7 Å². The molecule has 310 valence electrons. The molecular formula is C39H35N7O12S2. The Bertz CT molecular complexity index is 2910. The Morgan fingerprint density at radius 1 is 0.483 bits per heavy atom. The fraction of sp³-hybridized carbons (Fsp3) is 0.128. The van der Waals surface area contributed by atoms with Gasteiger partial charge in [-0.3, -0.25) is 9.11 Å². The molecule has 0 radical (unpaired) electrons. The van der Waals surface area contributed by atoms with Crippen LogP contribution in [-0.2, 0) is 20.2 Å². The van der Waals surface area contributed by atoms with Gasteiger partial charge >= 0.3 is 0 Å². The number of azo groups is 3. The van der Waals surface area contributed by atoms with Gasteiger partial charge in [-0.25, -0.2) is 0 Å². The van der Waals surface area contributed by atoms with Crippen molar-refractivity contribution < 1.29 is 54.7 Å². The monoisotopic (exact) mass is 857 g/mol. The molecule has 0 saturated carbocycles. The summed E-state index contributed by atoms with van der Waals surface area (Å²) in [6, 6.07) is 24.6. The predicted octanol–water partition coefficient (Wildman–Crippen LogP) is 10.1. The zero-order valence-corrected chi connectivity index (χ0v) is 33.9. The smallest absolute Gasteiger partial charge is 0.296 e. The van der Waals surface area contributed by atoms with Crippen LogP contribution in [0.25, 0.3) is 10.8 Å². The number of phenols is 1. The molecule has 0 aliphatic heterocycles. The summed E-state index contributed by atoms with van der Waals surface area (Å²) in [4.78, 5) is -1.07. The van der Waals surface area contributed by atoms with E-state index in [0.29, 0.717) is 11.1 Å². The molecule has 0 aliphatic rings. The van der Waals surface area contributed by atoms with Gasteiger partial charge in [-0.1, -0.05) is 18.2 Å². The van der Waals surface area contributed by atoms with Crippen molar-refractivity contribution in [2.75, 3.05) is 40.9 Å². The first-order chi connectivity index (χ1) is 28.7. The minimum absolute atomic E-state index is 0.0307. The van der Waals surface area contributed by atoms with Gasteiger partial charge < -0.3 is 34.1 Å². The number of fused-ring (bicyclic) bond motifs is 1. The number of anilines is 2. The molecule has 0 spiro atoms. The number of rotatable bonds is 15. The second-order valence-electron chi connectivity index (χ2n) is 12.3. The highest BCUT2D eigenvalue weighted by Gasteiger charge is 2.23. The molecule has 19 nitrogen and oxygen atoms in total. The SMILES string of the molecule is COc1cc(S(=O)(=O)O)ccc1N=Nc1cc(OC)c(N=Nc2cc(OC)c(N=Nc3c(S(=O)(=O)O)cc4cc(Nc5ccccc5)ccc4c3O)cc2OC)cc1OC. The normalized spacial score (nSPS) is 12.1. The molecule has 0 atom stereocenters. The van der Waals surface area contributed by atoms with Crippen LogP contribution in [0.1, 0.15) is 0 Å². The Hall–Kier alpha value is -7.20. The highest BCUT2D eigenvalue weighted by Crippen LogP contribution is 2.46. The van der Waals surface area contributed by atoms with Gasteiger partial charge in [0, 0.05) is 47.1 Å². The summed E-state index contributed by atoms with van der Waals surface area (Å²) in [5.74, 6) is 0.120. The first-order valence-electron chi connectivity index (χ1n) is 17.2. The summed E-state index contributed by atoms with van der Waals surface area (Å²) >= 11 is 0. The summed E-state index contributed by atoms with van der Waals surface area (Å²) in [5, 5.41) is 40.2. The van der Waals surface area contributed by atoms with Crippen LogP contribution in [0.15, 0.2) is 138 Å². The van der Waals surface area contributed by atoms with E-state index >= 15 is 0 Å². The van der Waals surface area contributed by atoms with E-state index < -0.39 is 36.6 Å². The van der Waals surface area contributed by atoms with Crippen LogP contribution in [0.2, 0.25) is 0 Å². The number of phenolic OH excluding ortho intramolecular Hbond substituents is 1. The third kappa shape index (κ3) is 9.40. The molecule has 0 fully saturated rings. The van der Waals surface area contributed by atoms with Crippen molar-refractivity contribution in [1.82, 2.24) is 0 Å². The molecule has 0 heterocycles. The first kappa shape index (κ1) is 42.4. The van der Waals surface area contributed by atoms with Crippen LogP contribution in [0, 0.1) is 0 Å². The molecule has 0 amide bonds. The Morgan fingerprint density at radius 3 is 1.42 bits per heavy atom. The Labute approximate surface area is 343 Å². The third-order valence-corrected chi connectivity index (χ3v) is 10.3. The maximum Gasteiger partial charge on any atom is 0.296 e. The number of hydrogen-bond donors (Lipinski definition) is 4. The highest BCUT2D eigenvalue weighted by atomic mass is 32.2. The molecule has 0 saturated heterocycles. The standard InChI is InChI=1S/C39H35N7O12S2/c1-54-32-17-25(59(48,49)50)12-14-27(32)41-42-28-18-34(56-3)29(19-33(28)55-2)43-44-30-20-36(58-5)31(21-35(30)57-4)45-46-38-37(60(51,52)53)16-22-15-24(11-13-26(22)39(38)47)40-23-9-7-6-8-10-23/h6-21,40,47H,1-5H3,(H,48,49,50)(H,51,52,53). The molecule has 0 bridgehead atoms. The van der Waals surface area contributed by atoms with Gasteiger partial charge in [-0.2, -0.15) is 16.8 Å². The van der Waals surface area contributed by atoms with Crippen molar-refractivity contribution in [2.45, 2.75) is 9.79 Å². The average molecular weight is 858 g/mol. The third-order valence-electron chi connectivity index (χ3n) is 8.59. The molecule has 0 unspecified atom stereocenters. The topological polar surface area (TPSA) is 261 Å². The van der Waals surface area contributed by atoms with E-state index in [1.165, 1.54) is 71.9 Å². The fourth-order valence-electron chi connectivity index (χ4n) is 5.67. The first-order valence-corrected chi connectivity index (χ1v) is 20.1. The van der Waals surface area contributed by atoms with Crippen LogP contribution < -0.4 is 29.0 Å². The van der Waals surface area contributed by atoms with Crippen LogP contribution in [-0.4, -0.2) is 66.6 Å². The molecule has 0 aromatic heterocycles. The largest absolute Gasteiger partial charge is 0.505 e. The number of aromatic hydroxyl groups is 1. The Kier molecular flexibility index (Phi) is 12.5. The maximum atomic E-state index is 12.6. The molecule has 4 N–H and O–H groups in total.